The Morgan fingerprint density at radius 3 is 2.43 bits per heavy atom. The molecular formula is C31H33F5N4O2. The van der Waals surface area contributed by atoms with Crippen LogP contribution in [0.3, 0.4) is 0 Å². The average molecular weight is 589 g/mol. The van der Waals surface area contributed by atoms with E-state index in [4.69, 9.17) is 4.74 Å². The highest BCUT2D eigenvalue weighted by Gasteiger charge is 2.45. The Morgan fingerprint density at radius 1 is 1.07 bits per heavy atom. The molecule has 0 unspecified atom stereocenters. The van der Waals surface area contributed by atoms with Gasteiger partial charge in [0.05, 0.1) is 23.3 Å². The van der Waals surface area contributed by atoms with Gasteiger partial charge in [0.15, 0.2) is 0 Å². The van der Waals surface area contributed by atoms with Gasteiger partial charge in [0.2, 0.25) is 5.91 Å². The maximum absolute atomic E-state index is 15.7. The van der Waals surface area contributed by atoms with Crippen LogP contribution in [-0.2, 0) is 16.4 Å². The molecule has 1 atom stereocenters. The Kier molecular flexibility index (Phi) is 8.41. The number of aromatic nitrogens is 1. The van der Waals surface area contributed by atoms with Gasteiger partial charge >= 0.3 is 6.18 Å². The van der Waals surface area contributed by atoms with Crippen LogP contribution in [0.2, 0.25) is 0 Å². The fraction of sp³-hybridized carbons (Fsp3) is 0.419. The smallest absolute Gasteiger partial charge is 0.416 e. The molecule has 0 aliphatic carbocycles. The summed E-state index contributed by atoms with van der Waals surface area (Å²) in [7, 11) is 1.97. The molecule has 2 fully saturated rings. The van der Waals surface area contributed by atoms with Crippen molar-refractivity contribution in [2.24, 2.45) is 0 Å². The second-order valence-electron chi connectivity index (χ2n) is 10.9. The Hall–Kier alpha value is -3.73. The number of carbonyl (C=O) groups excluding carboxylic acids is 1. The van der Waals surface area contributed by atoms with E-state index in [0.717, 1.165) is 25.1 Å². The monoisotopic (exact) mass is 588 g/mol. The number of nitrogens with one attached hydrogen (secondary N) is 1. The number of para-hydroxylation sites is 1. The molecule has 3 aromatic rings. The summed E-state index contributed by atoms with van der Waals surface area (Å²) in [5.41, 5.74) is -1.21. The Morgan fingerprint density at radius 2 is 1.81 bits per heavy atom. The fourth-order valence-corrected chi connectivity index (χ4v) is 5.93. The molecule has 0 radical (unpaired) electrons. The Labute approximate surface area is 241 Å². The number of likely N-dealkylation sites (N-methyl/N-ethyl adjacent to an activating group) is 1. The van der Waals surface area contributed by atoms with E-state index in [9.17, 15) is 22.4 Å². The number of benzene rings is 2. The van der Waals surface area contributed by atoms with Crippen LogP contribution in [0.5, 0.6) is 5.75 Å². The van der Waals surface area contributed by atoms with Gasteiger partial charge in [0, 0.05) is 37.4 Å². The maximum atomic E-state index is 15.7. The van der Waals surface area contributed by atoms with E-state index in [1.54, 1.807) is 29.2 Å². The number of carbonyl (C=O) groups is 1. The molecule has 3 heterocycles. The third kappa shape index (κ3) is 5.92. The lowest BCUT2D eigenvalue weighted by Crippen LogP contribution is -2.54. The predicted molar refractivity (Wildman–Crippen MR) is 149 cm³/mol. The molecular weight excluding hydrogens is 555 g/mol. The van der Waals surface area contributed by atoms with Crippen molar-refractivity contribution in [3.8, 4) is 17.0 Å². The Bertz CT molecular complexity index is 1440. The topological polar surface area (TPSA) is 57.7 Å². The first-order chi connectivity index (χ1) is 20.0. The van der Waals surface area contributed by atoms with Crippen LogP contribution in [0, 0.1) is 11.6 Å². The van der Waals surface area contributed by atoms with Crippen molar-refractivity contribution < 1.29 is 31.5 Å². The summed E-state index contributed by atoms with van der Waals surface area (Å²) >= 11 is 0. The van der Waals surface area contributed by atoms with Crippen molar-refractivity contribution in [2.75, 3.05) is 44.7 Å². The maximum Gasteiger partial charge on any atom is 0.416 e. The van der Waals surface area contributed by atoms with Gasteiger partial charge in [-0.1, -0.05) is 12.1 Å². The first-order valence-corrected chi connectivity index (χ1v) is 14.0. The SMILES string of the molecule is CCOc1ccccc1-c1ncc(C2(C(=O)N[C@H]3CCN(C)C3)CCN(c3ccc(C(F)(F)F)cc3F)CC2)cc1F. The second-order valence-corrected chi connectivity index (χ2v) is 10.9. The minimum absolute atomic E-state index is 0.0293. The highest BCUT2D eigenvalue weighted by Crippen LogP contribution is 2.41. The molecule has 224 valence electrons. The highest BCUT2D eigenvalue weighted by atomic mass is 19.4. The number of halogens is 5. The molecule has 1 aromatic heterocycles. The zero-order chi connectivity index (χ0) is 30.1. The van der Waals surface area contributed by atoms with E-state index in [2.05, 4.69) is 15.2 Å². The zero-order valence-corrected chi connectivity index (χ0v) is 23.5. The van der Waals surface area contributed by atoms with Crippen LogP contribution in [0.1, 0.15) is 37.3 Å². The van der Waals surface area contributed by atoms with Crippen molar-refractivity contribution in [2.45, 2.75) is 43.8 Å². The second kappa shape index (κ2) is 11.9. The first kappa shape index (κ1) is 29.8. The zero-order valence-electron chi connectivity index (χ0n) is 23.5. The predicted octanol–water partition coefficient (Wildman–Crippen LogP) is 5.80. The molecule has 0 spiro atoms. The van der Waals surface area contributed by atoms with Crippen molar-refractivity contribution in [1.29, 1.82) is 0 Å². The van der Waals surface area contributed by atoms with Gasteiger partial charge in [0.1, 0.15) is 23.1 Å². The van der Waals surface area contributed by atoms with Crippen molar-refractivity contribution in [3.63, 3.8) is 0 Å². The number of likely N-dealkylation sites (tertiary alicyclic amines) is 1. The lowest BCUT2D eigenvalue weighted by atomic mass is 9.72. The summed E-state index contributed by atoms with van der Waals surface area (Å²) in [4.78, 5) is 22.1. The summed E-state index contributed by atoms with van der Waals surface area (Å²) < 4.78 is 75.4. The van der Waals surface area contributed by atoms with Gasteiger partial charge in [0.25, 0.3) is 0 Å². The third-order valence-electron chi connectivity index (χ3n) is 8.23. The molecule has 2 aliphatic rings. The largest absolute Gasteiger partial charge is 0.493 e. The minimum atomic E-state index is -4.66. The molecule has 5 rings (SSSR count). The van der Waals surface area contributed by atoms with Crippen LogP contribution in [0.25, 0.3) is 11.3 Å². The number of nitrogens with zero attached hydrogens (tertiary/aromatic N) is 3. The lowest BCUT2D eigenvalue weighted by Gasteiger charge is -2.42. The number of ether oxygens (including phenoxy) is 1. The van der Waals surface area contributed by atoms with Crippen molar-refractivity contribution >= 4 is 11.6 Å². The van der Waals surface area contributed by atoms with Gasteiger partial charge in [-0.2, -0.15) is 13.2 Å². The first-order valence-electron chi connectivity index (χ1n) is 14.0. The molecule has 1 N–H and O–H groups in total. The standard InChI is InChI=1S/C31H33F5N4O2/c1-3-42-27-7-5-4-6-23(27)28-25(33)17-21(18-37-28)30(29(41)38-22-10-13-39(2)19-22)11-14-40(15-12-30)26-9-8-20(16-24(26)32)31(34,35)36/h4-9,16-18,22H,3,10-15,19H2,1-2H3,(H,38,41)/t22-/m0/s1. The van der Waals surface area contributed by atoms with Gasteiger partial charge in [-0.25, -0.2) is 8.78 Å². The van der Waals surface area contributed by atoms with Gasteiger partial charge < -0.3 is 19.9 Å². The summed E-state index contributed by atoms with van der Waals surface area (Å²) in [6.07, 6.45) is -1.98. The molecule has 11 heteroatoms. The van der Waals surface area contributed by atoms with E-state index >= 15 is 4.39 Å². The van der Waals surface area contributed by atoms with Gasteiger partial charge in [-0.15, -0.1) is 0 Å². The normalized spacial score (nSPS) is 19.1. The number of piperidine rings is 1. The van der Waals surface area contributed by atoms with Crippen LogP contribution in [-0.4, -0.2) is 61.7 Å². The summed E-state index contributed by atoms with van der Waals surface area (Å²) in [6, 6.07) is 10.7. The van der Waals surface area contributed by atoms with Crippen molar-refractivity contribution in [1.82, 2.24) is 15.2 Å². The molecule has 1 amide bonds. The summed E-state index contributed by atoms with van der Waals surface area (Å²) in [5, 5.41) is 3.13. The molecule has 0 saturated carbocycles. The minimum Gasteiger partial charge on any atom is -0.493 e. The highest BCUT2D eigenvalue weighted by molar-refractivity contribution is 5.89. The van der Waals surface area contributed by atoms with Crippen molar-refractivity contribution in [3.05, 3.63) is 77.5 Å². The molecule has 2 aromatic carbocycles. The quantitative estimate of drug-likeness (QED) is 0.354. The summed E-state index contributed by atoms with van der Waals surface area (Å²) in [5.74, 6) is -1.37. The Balaban J connectivity index is 1.45. The van der Waals surface area contributed by atoms with E-state index in [1.807, 2.05) is 14.0 Å². The van der Waals surface area contributed by atoms with Crippen LogP contribution < -0.4 is 15.0 Å². The van der Waals surface area contributed by atoms with Crippen LogP contribution >= 0.6 is 0 Å². The van der Waals surface area contributed by atoms with E-state index in [0.29, 0.717) is 36.1 Å². The van der Waals surface area contributed by atoms with Gasteiger partial charge in [-0.3, -0.25) is 9.78 Å². The average Bonchev–Trinajstić information content (AvgIpc) is 3.37. The number of pyridine rings is 1. The number of hydrogen-bond acceptors (Lipinski definition) is 5. The molecule has 6 nitrogen and oxygen atoms in total. The molecule has 2 saturated heterocycles. The number of anilines is 1. The molecule has 0 bridgehead atoms. The lowest BCUT2D eigenvalue weighted by molar-refractivity contribution is -0.137. The third-order valence-corrected chi connectivity index (χ3v) is 8.23. The number of amides is 1. The van der Waals surface area contributed by atoms with Gasteiger partial charge in [-0.05, 0) is 81.7 Å². The number of hydrogen-bond donors (Lipinski definition) is 1. The summed E-state index contributed by atoms with van der Waals surface area (Å²) in [6.45, 7) is 4.10. The number of rotatable bonds is 7. The molecule has 2 aliphatic heterocycles. The van der Waals surface area contributed by atoms with E-state index in [1.165, 1.54) is 12.3 Å². The fourth-order valence-electron chi connectivity index (χ4n) is 5.93. The van der Waals surface area contributed by atoms with Crippen LogP contribution in [0.15, 0.2) is 54.7 Å². The van der Waals surface area contributed by atoms with Crippen LogP contribution in [0.4, 0.5) is 27.6 Å². The number of alkyl halides is 3. The molecule has 42 heavy (non-hydrogen) atoms. The van der Waals surface area contributed by atoms with E-state index < -0.39 is 28.8 Å². The van der Waals surface area contributed by atoms with E-state index in [-0.39, 0.29) is 49.3 Å².